The van der Waals surface area contributed by atoms with Crippen molar-refractivity contribution in [1.29, 1.82) is 0 Å². The summed E-state index contributed by atoms with van der Waals surface area (Å²) in [6.45, 7) is 4.31. The van der Waals surface area contributed by atoms with Crippen molar-refractivity contribution in [2.45, 2.75) is 26.5 Å². The van der Waals surface area contributed by atoms with Crippen LogP contribution in [0.3, 0.4) is 0 Å². The fourth-order valence-corrected chi connectivity index (χ4v) is 3.52. The van der Waals surface area contributed by atoms with Gasteiger partial charge in [0, 0.05) is 10.7 Å². The smallest absolute Gasteiger partial charge is 0.338 e. The van der Waals surface area contributed by atoms with Crippen molar-refractivity contribution in [2.24, 2.45) is 0 Å². The second kappa shape index (κ2) is 8.59. The lowest BCUT2D eigenvalue weighted by molar-refractivity contribution is -0.139. The van der Waals surface area contributed by atoms with E-state index in [0.29, 0.717) is 34.6 Å². The summed E-state index contributed by atoms with van der Waals surface area (Å²) in [4.78, 5) is 17.0. The molecule has 0 bridgehead atoms. The summed E-state index contributed by atoms with van der Waals surface area (Å²) in [6.07, 6.45) is 1.46. The van der Waals surface area contributed by atoms with Crippen LogP contribution in [0.2, 0.25) is 5.02 Å². The van der Waals surface area contributed by atoms with Crippen LogP contribution in [-0.4, -0.2) is 27.3 Å². The number of carbonyl (C=O) groups excluding carboxylic acids is 1. The number of hydrogen-bond acceptors (Lipinski definition) is 6. The molecule has 0 saturated heterocycles. The van der Waals surface area contributed by atoms with Crippen molar-refractivity contribution in [1.82, 2.24) is 14.8 Å². The van der Waals surface area contributed by atoms with Gasteiger partial charge in [-0.1, -0.05) is 35.9 Å². The summed E-state index contributed by atoms with van der Waals surface area (Å²) >= 11 is 5.94. The highest BCUT2D eigenvalue weighted by atomic mass is 35.5. The fraction of sp³-hybridized carbons (Fsp3) is 0.227. The Balaban J connectivity index is 1.65. The second-order valence-electron chi connectivity index (χ2n) is 6.80. The number of halogens is 1. The Bertz CT molecular complexity index is 1090. The number of hydrogen-bond donors (Lipinski definition) is 1. The number of esters is 1. The molecule has 1 atom stereocenters. The number of aromatic nitrogens is 3. The van der Waals surface area contributed by atoms with Crippen molar-refractivity contribution in [3.8, 4) is 5.75 Å². The summed E-state index contributed by atoms with van der Waals surface area (Å²) in [5, 5.41) is 8.13. The Morgan fingerprint density at radius 2 is 2.03 bits per heavy atom. The van der Waals surface area contributed by atoms with Gasteiger partial charge in [0.2, 0.25) is 5.95 Å². The molecule has 0 fully saturated rings. The van der Waals surface area contributed by atoms with Crippen LogP contribution in [0.1, 0.15) is 31.0 Å². The Hall–Kier alpha value is -3.32. The van der Waals surface area contributed by atoms with E-state index in [-0.39, 0.29) is 12.6 Å². The minimum absolute atomic E-state index is 0.288. The molecule has 0 spiro atoms. The summed E-state index contributed by atoms with van der Waals surface area (Å²) in [7, 11) is 0. The number of fused-ring (bicyclic) bond motifs is 1. The highest BCUT2D eigenvalue weighted by molar-refractivity contribution is 6.30. The van der Waals surface area contributed by atoms with Gasteiger partial charge >= 0.3 is 5.97 Å². The van der Waals surface area contributed by atoms with E-state index in [4.69, 9.17) is 21.1 Å². The van der Waals surface area contributed by atoms with Gasteiger partial charge in [-0.3, -0.25) is 0 Å². The molecular formula is C22H21ClN4O3. The number of nitrogens with one attached hydrogen (secondary N) is 1. The third-order valence-corrected chi connectivity index (χ3v) is 5.03. The Morgan fingerprint density at radius 3 is 2.80 bits per heavy atom. The summed E-state index contributed by atoms with van der Waals surface area (Å²) in [5.74, 6) is 0.864. The molecule has 0 radical (unpaired) electrons. The Labute approximate surface area is 179 Å². The molecule has 0 aliphatic carbocycles. The zero-order valence-corrected chi connectivity index (χ0v) is 17.4. The molecule has 7 nitrogen and oxygen atoms in total. The predicted molar refractivity (Wildman–Crippen MR) is 113 cm³/mol. The number of nitrogens with zero attached hydrogens (tertiary/aromatic N) is 3. The summed E-state index contributed by atoms with van der Waals surface area (Å²) in [5.41, 5.74) is 3.03. The average Bonchev–Trinajstić information content (AvgIpc) is 3.20. The minimum atomic E-state index is -0.470. The monoisotopic (exact) mass is 424 g/mol. The largest absolute Gasteiger partial charge is 0.489 e. The van der Waals surface area contributed by atoms with Gasteiger partial charge in [-0.15, -0.1) is 0 Å². The first-order chi connectivity index (χ1) is 14.6. The first kappa shape index (κ1) is 20.0. The standard InChI is InChI=1S/C22H21ClN4O3/c1-3-29-21(28)19-14(2)26-22-24-13-25-27(22)20(19)16-5-4-6-18(11-16)30-12-15-7-9-17(23)10-8-15/h4-11,13,20H,3,12H2,1-2H3,(H,24,25,26). The van der Waals surface area contributed by atoms with Crippen molar-refractivity contribution < 1.29 is 14.3 Å². The zero-order valence-electron chi connectivity index (χ0n) is 16.6. The van der Waals surface area contributed by atoms with Gasteiger partial charge < -0.3 is 14.8 Å². The molecule has 30 heavy (non-hydrogen) atoms. The third kappa shape index (κ3) is 4.02. The highest BCUT2D eigenvalue weighted by Gasteiger charge is 2.34. The van der Waals surface area contributed by atoms with Crippen molar-refractivity contribution in [3.63, 3.8) is 0 Å². The van der Waals surface area contributed by atoms with Gasteiger partial charge in [0.05, 0.1) is 12.2 Å². The van der Waals surface area contributed by atoms with Gasteiger partial charge in [-0.25, -0.2) is 9.48 Å². The van der Waals surface area contributed by atoms with Crippen LogP contribution in [0.4, 0.5) is 5.95 Å². The Morgan fingerprint density at radius 1 is 1.23 bits per heavy atom. The lowest BCUT2D eigenvalue weighted by Crippen LogP contribution is -2.29. The zero-order chi connectivity index (χ0) is 21.1. The van der Waals surface area contributed by atoms with Gasteiger partial charge in [0.15, 0.2) is 0 Å². The predicted octanol–water partition coefficient (Wildman–Crippen LogP) is 4.36. The van der Waals surface area contributed by atoms with E-state index in [0.717, 1.165) is 11.1 Å². The molecule has 4 rings (SSSR count). The molecule has 1 unspecified atom stereocenters. The highest BCUT2D eigenvalue weighted by Crippen LogP contribution is 2.36. The maximum atomic E-state index is 12.7. The molecule has 1 N–H and O–H groups in total. The van der Waals surface area contributed by atoms with Gasteiger partial charge in [-0.05, 0) is 49.2 Å². The van der Waals surface area contributed by atoms with E-state index in [1.54, 1.807) is 11.6 Å². The van der Waals surface area contributed by atoms with Crippen LogP contribution >= 0.6 is 11.6 Å². The Kier molecular flexibility index (Phi) is 5.72. The van der Waals surface area contributed by atoms with E-state index >= 15 is 0 Å². The topological polar surface area (TPSA) is 78.3 Å². The summed E-state index contributed by atoms with van der Waals surface area (Å²) < 4.78 is 12.9. The lowest BCUT2D eigenvalue weighted by atomic mass is 9.95. The summed E-state index contributed by atoms with van der Waals surface area (Å²) in [6, 6.07) is 14.6. The van der Waals surface area contributed by atoms with Crippen LogP contribution in [0.5, 0.6) is 5.75 Å². The molecule has 1 aliphatic rings. The number of benzene rings is 2. The SMILES string of the molecule is CCOC(=O)C1=C(C)Nc2ncnn2C1c1cccc(OCc2ccc(Cl)cc2)c1. The molecule has 154 valence electrons. The second-order valence-corrected chi connectivity index (χ2v) is 7.24. The van der Waals surface area contributed by atoms with Gasteiger partial charge in [-0.2, -0.15) is 10.1 Å². The van der Waals surface area contributed by atoms with Gasteiger partial charge in [0.1, 0.15) is 24.7 Å². The van der Waals surface area contributed by atoms with Crippen LogP contribution < -0.4 is 10.1 Å². The molecule has 3 aromatic rings. The van der Waals surface area contributed by atoms with Crippen LogP contribution in [0, 0.1) is 0 Å². The molecule has 1 aliphatic heterocycles. The van der Waals surface area contributed by atoms with E-state index < -0.39 is 6.04 Å². The first-order valence-electron chi connectivity index (χ1n) is 9.58. The normalized spacial score (nSPS) is 15.4. The maximum Gasteiger partial charge on any atom is 0.338 e. The van der Waals surface area contributed by atoms with Crippen molar-refractivity contribution in [3.05, 3.63) is 82.3 Å². The van der Waals surface area contributed by atoms with E-state index in [9.17, 15) is 4.79 Å². The third-order valence-electron chi connectivity index (χ3n) is 4.78. The molecule has 2 heterocycles. The molecule has 0 amide bonds. The van der Waals surface area contributed by atoms with Crippen molar-refractivity contribution in [2.75, 3.05) is 11.9 Å². The number of rotatable bonds is 6. The lowest BCUT2D eigenvalue weighted by Gasteiger charge is -2.28. The van der Waals surface area contributed by atoms with Gasteiger partial charge in [0.25, 0.3) is 0 Å². The van der Waals surface area contributed by atoms with Crippen LogP contribution in [0.15, 0.2) is 66.1 Å². The van der Waals surface area contributed by atoms with Crippen LogP contribution in [-0.2, 0) is 16.1 Å². The molecule has 8 heteroatoms. The van der Waals surface area contributed by atoms with E-state index in [2.05, 4.69) is 15.4 Å². The number of carbonyl (C=O) groups is 1. The molecule has 2 aromatic carbocycles. The number of anilines is 1. The molecule has 1 aromatic heterocycles. The quantitative estimate of drug-likeness (QED) is 0.592. The molecular weight excluding hydrogens is 404 g/mol. The fourth-order valence-electron chi connectivity index (χ4n) is 3.39. The number of ether oxygens (including phenoxy) is 2. The first-order valence-corrected chi connectivity index (χ1v) is 9.96. The van der Waals surface area contributed by atoms with Crippen LogP contribution in [0.25, 0.3) is 0 Å². The minimum Gasteiger partial charge on any atom is -0.489 e. The van der Waals surface area contributed by atoms with E-state index in [1.165, 1.54) is 6.33 Å². The number of allylic oxidation sites excluding steroid dienone is 1. The maximum absolute atomic E-state index is 12.7. The van der Waals surface area contributed by atoms with E-state index in [1.807, 2.05) is 55.5 Å². The average molecular weight is 425 g/mol. The van der Waals surface area contributed by atoms with Crippen molar-refractivity contribution >= 4 is 23.5 Å². The molecule has 0 saturated carbocycles.